The van der Waals surface area contributed by atoms with Crippen molar-refractivity contribution in [2.75, 3.05) is 25.9 Å². The minimum absolute atomic E-state index is 0.248. The van der Waals surface area contributed by atoms with Crippen LogP contribution in [0.2, 0.25) is 0 Å². The molecule has 0 unspecified atom stereocenters. The molecule has 0 saturated heterocycles. The molecule has 0 aliphatic heterocycles. The van der Waals surface area contributed by atoms with Crippen molar-refractivity contribution in [1.29, 1.82) is 0 Å². The third-order valence-electron chi connectivity index (χ3n) is 2.91. The Hall–Kier alpha value is -0.130. The second-order valence-electron chi connectivity index (χ2n) is 4.76. The summed E-state index contributed by atoms with van der Waals surface area (Å²) in [4.78, 5) is 0. The molecule has 0 spiro atoms. The Labute approximate surface area is 92.9 Å². The van der Waals surface area contributed by atoms with Gasteiger partial charge in [0.15, 0.2) is 0 Å². The van der Waals surface area contributed by atoms with Crippen LogP contribution in [0.3, 0.4) is 0 Å². The van der Waals surface area contributed by atoms with Gasteiger partial charge >= 0.3 is 0 Å². The van der Waals surface area contributed by atoms with Gasteiger partial charge in [0.05, 0.1) is 5.75 Å². The highest BCUT2D eigenvalue weighted by Gasteiger charge is 2.37. The number of nitrogens with one attached hydrogen (secondary N) is 2. The smallest absolute Gasteiger partial charge is 0.211 e. The lowest BCUT2D eigenvalue weighted by Crippen LogP contribution is -2.31. The quantitative estimate of drug-likeness (QED) is 0.608. The minimum Gasteiger partial charge on any atom is -0.320 e. The van der Waals surface area contributed by atoms with E-state index in [2.05, 4.69) is 17.0 Å². The van der Waals surface area contributed by atoms with Gasteiger partial charge in [-0.05, 0) is 44.7 Å². The maximum Gasteiger partial charge on any atom is 0.211 e. The Morgan fingerprint density at radius 3 is 2.47 bits per heavy atom. The zero-order valence-electron chi connectivity index (χ0n) is 9.67. The van der Waals surface area contributed by atoms with Crippen LogP contribution in [0.5, 0.6) is 0 Å². The molecular weight excluding hydrogens is 212 g/mol. The highest BCUT2D eigenvalue weighted by atomic mass is 32.2. The SMILES string of the molecule is CNCCCCS(=O)(=O)NCC1(C)CC1. The summed E-state index contributed by atoms with van der Waals surface area (Å²) >= 11 is 0. The molecule has 90 valence electrons. The van der Waals surface area contributed by atoms with Gasteiger partial charge in [-0.25, -0.2) is 13.1 Å². The normalized spacial score (nSPS) is 19.1. The summed E-state index contributed by atoms with van der Waals surface area (Å²) in [7, 11) is -1.16. The Morgan fingerprint density at radius 1 is 1.27 bits per heavy atom. The molecule has 1 saturated carbocycles. The monoisotopic (exact) mass is 234 g/mol. The summed E-state index contributed by atoms with van der Waals surface area (Å²) in [6.45, 7) is 3.62. The van der Waals surface area contributed by atoms with Gasteiger partial charge in [0.25, 0.3) is 0 Å². The van der Waals surface area contributed by atoms with Gasteiger partial charge in [0, 0.05) is 6.54 Å². The third kappa shape index (κ3) is 5.49. The van der Waals surface area contributed by atoms with E-state index in [9.17, 15) is 8.42 Å². The summed E-state index contributed by atoms with van der Waals surface area (Å²) in [5.74, 6) is 0.255. The van der Waals surface area contributed by atoms with Crippen molar-refractivity contribution in [2.45, 2.75) is 32.6 Å². The molecule has 0 atom stereocenters. The molecule has 1 fully saturated rings. The lowest BCUT2D eigenvalue weighted by atomic mass is 10.2. The van der Waals surface area contributed by atoms with Crippen LogP contribution in [-0.2, 0) is 10.0 Å². The minimum atomic E-state index is -3.03. The van der Waals surface area contributed by atoms with Crippen LogP contribution >= 0.6 is 0 Å². The highest BCUT2D eigenvalue weighted by Crippen LogP contribution is 2.44. The molecule has 0 aromatic heterocycles. The first-order valence-electron chi connectivity index (χ1n) is 5.59. The molecule has 1 aliphatic carbocycles. The summed E-state index contributed by atoms with van der Waals surface area (Å²) in [6, 6.07) is 0. The Morgan fingerprint density at radius 2 is 1.93 bits per heavy atom. The van der Waals surface area contributed by atoms with Crippen molar-refractivity contribution < 1.29 is 8.42 Å². The average Bonchev–Trinajstić information content (AvgIpc) is 2.90. The second-order valence-corrected chi connectivity index (χ2v) is 6.69. The average molecular weight is 234 g/mol. The lowest BCUT2D eigenvalue weighted by molar-refractivity contribution is 0.528. The van der Waals surface area contributed by atoms with Crippen molar-refractivity contribution in [1.82, 2.24) is 10.0 Å². The number of sulfonamides is 1. The zero-order chi connectivity index (χ0) is 11.4. The molecular formula is C10H22N2O2S. The fourth-order valence-electron chi connectivity index (χ4n) is 1.34. The Kier molecular flexibility index (Phi) is 4.55. The maximum absolute atomic E-state index is 11.5. The number of hydrogen-bond acceptors (Lipinski definition) is 3. The first-order chi connectivity index (χ1) is 6.97. The maximum atomic E-state index is 11.5. The van der Waals surface area contributed by atoms with Crippen LogP contribution in [-0.4, -0.2) is 34.3 Å². The van der Waals surface area contributed by atoms with Crippen LogP contribution in [0, 0.1) is 5.41 Å². The van der Waals surface area contributed by atoms with Crippen LogP contribution in [0.1, 0.15) is 32.6 Å². The molecule has 0 aromatic rings. The Bertz CT molecular complexity index is 284. The summed E-state index contributed by atoms with van der Waals surface area (Å²) in [5.41, 5.74) is 0.248. The van der Waals surface area contributed by atoms with E-state index in [0.717, 1.165) is 32.2 Å². The van der Waals surface area contributed by atoms with E-state index in [1.165, 1.54) is 0 Å². The van der Waals surface area contributed by atoms with Crippen LogP contribution in [0.4, 0.5) is 0 Å². The first-order valence-corrected chi connectivity index (χ1v) is 7.25. The third-order valence-corrected chi connectivity index (χ3v) is 4.32. The molecule has 1 aliphatic rings. The van der Waals surface area contributed by atoms with Crippen molar-refractivity contribution in [2.24, 2.45) is 5.41 Å². The van der Waals surface area contributed by atoms with Crippen molar-refractivity contribution in [3.63, 3.8) is 0 Å². The number of rotatable bonds is 8. The van der Waals surface area contributed by atoms with Gasteiger partial charge in [0.1, 0.15) is 0 Å². The number of hydrogen-bond donors (Lipinski definition) is 2. The highest BCUT2D eigenvalue weighted by molar-refractivity contribution is 7.89. The van der Waals surface area contributed by atoms with Gasteiger partial charge < -0.3 is 5.32 Å². The molecule has 0 bridgehead atoms. The van der Waals surface area contributed by atoms with Gasteiger partial charge in [0.2, 0.25) is 10.0 Å². The van der Waals surface area contributed by atoms with E-state index in [4.69, 9.17) is 0 Å². The van der Waals surface area contributed by atoms with E-state index >= 15 is 0 Å². The topological polar surface area (TPSA) is 58.2 Å². The largest absolute Gasteiger partial charge is 0.320 e. The molecule has 5 heteroatoms. The van der Waals surface area contributed by atoms with E-state index in [0.29, 0.717) is 6.54 Å². The van der Waals surface area contributed by atoms with Gasteiger partial charge in [-0.15, -0.1) is 0 Å². The lowest BCUT2D eigenvalue weighted by Gasteiger charge is -2.10. The molecule has 0 heterocycles. The van der Waals surface area contributed by atoms with E-state index < -0.39 is 10.0 Å². The van der Waals surface area contributed by atoms with Crippen LogP contribution in [0.25, 0.3) is 0 Å². The van der Waals surface area contributed by atoms with Crippen LogP contribution in [0.15, 0.2) is 0 Å². The van der Waals surface area contributed by atoms with E-state index in [1.807, 2.05) is 7.05 Å². The predicted octanol–water partition coefficient (Wildman–Crippen LogP) is 0.706. The molecule has 0 radical (unpaired) electrons. The summed E-state index contributed by atoms with van der Waals surface area (Å²) < 4.78 is 25.8. The fourth-order valence-corrected chi connectivity index (χ4v) is 2.64. The standard InChI is InChI=1S/C10H22N2O2S/c1-10(5-6-10)9-12-15(13,14)8-4-3-7-11-2/h11-12H,3-9H2,1-2H3. The van der Waals surface area contributed by atoms with Gasteiger partial charge in [-0.2, -0.15) is 0 Å². The van der Waals surface area contributed by atoms with Crippen molar-refractivity contribution >= 4 is 10.0 Å². The first kappa shape index (κ1) is 12.9. The molecule has 4 nitrogen and oxygen atoms in total. The molecule has 0 amide bonds. The van der Waals surface area contributed by atoms with Crippen molar-refractivity contribution in [3.05, 3.63) is 0 Å². The molecule has 1 rings (SSSR count). The zero-order valence-corrected chi connectivity index (χ0v) is 10.5. The molecule has 2 N–H and O–H groups in total. The van der Waals surface area contributed by atoms with Gasteiger partial charge in [-0.3, -0.25) is 0 Å². The molecule has 0 aromatic carbocycles. The fraction of sp³-hybridized carbons (Fsp3) is 1.00. The van der Waals surface area contributed by atoms with E-state index in [1.54, 1.807) is 0 Å². The van der Waals surface area contributed by atoms with Gasteiger partial charge in [-0.1, -0.05) is 6.92 Å². The summed E-state index contributed by atoms with van der Waals surface area (Å²) in [5, 5.41) is 3.00. The Balaban J connectivity index is 2.14. The predicted molar refractivity (Wildman–Crippen MR) is 62.3 cm³/mol. The number of unbranched alkanes of at least 4 members (excludes halogenated alkanes) is 1. The van der Waals surface area contributed by atoms with Crippen molar-refractivity contribution in [3.8, 4) is 0 Å². The van der Waals surface area contributed by atoms with E-state index in [-0.39, 0.29) is 11.2 Å². The summed E-state index contributed by atoms with van der Waals surface area (Å²) in [6.07, 6.45) is 3.94. The molecule has 15 heavy (non-hydrogen) atoms. The van der Waals surface area contributed by atoms with Crippen LogP contribution < -0.4 is 10.0 Å². The second kappa shape index (κ2) is 5.27.